The number of rotatable bonds is 2. The predicted octanol–water partition coefficient (Wildman–Crippen LogP) is 13.6. The second-order valence-electron chi connectivity index (χ2n) is 14.4. The highest BCUT2D eigenvalue weighted by Crippen LogP contribution is 2.56. The molecule has 0 amide bonds. The van der Waals surface area contributed by atoms with Gasteiger partial charge in [0.2, 0.25) is 0 Å². The quantitative estimate of drug-likeness (QED) is 0.180. The maximum atomic E-state index is 6.84. The van der Waals surface area contributed by atoms with E-state index >= 15 is 0 Å². The summed E-state index contributed by atoms with van der Waals surface area (Å²) in [5.74, 6) is 3.66. The van der Waals surface area contributed by atoms with Crippen LogP contribution >= 0.6 is 0 Å². The first-order valence-corrected chi connectivity index (χ1v) is 18.6. The number of benzene rings is 7. The highest BCUT2D eigenvalue weighted by molar-refractivity contribution is 6.14. The average Bonchev–Trinajstić information content (AvgIpc) is 3.50. The van der Waals surface area contributed by atoms with E-state index in [4.69, 9.17) is 9.47 Å². The van der Waals surface area contributed by atoms with Crippen molar-refractivity contribution in [2.75, 3.05) is 9.80 Å². The molecule has 2 atom stereocenters. The summed E-state index contributed by atoms with van der Waals surface area (Å²) >= 11 is 0. The standard InChI is InChI=1S/C50H32N2O2/c1-5-13-41-31(9-1)17-18-32-10-2-6-14-42(32)51(41)35-21-23-37-39-25-26-40-38-24-22-36(30-48(38)54-46-28-27-45(49(39)50(40)46)53-47(37)29-35)52-43-15-7-3-11-33(43)19-20-34-12-4-8-16-44(34)52/h1-31,41H. The van der Waals surface area contributed by atoms with Crippen molar-refractivity contribution >= 4 is 57.4 Å². The van der Waals surface area contributed by atoms with Crippen LogP contribution in [0.2, 0.25) is 0 Å². The molecule has 1 aliphatic carbocycles. The van der Waals surface area contributed by atoms with Gasteiger partial charge in [0.1, 0.15) is 23.0 Å². The van der Waals surface area contributed by atoms with Gasteiger partial charge in [-0.3, -0.25) is 0 Å². The zero-order valence-corrected chi connectivity index (χ0v) is 29.2. The topological polar surface area (TPSA) is 24.9 Å². The van der Waals surface area contributed by atoms with Gasteiger partial charge >= 0.3 is 0 Å². The van der Waals surface area contributed by atoms with Crippen LogP contribution in [-0.2, 0) is 0 Å². The molecule has 4 aliphatic heterocycles. The van der Waals surface area contributed by atoms with Crippen LogP contribution in [0, 0.1) is 5.92 Å². The molecule has 0 fully saturated rings. The fourth-order valence-electron chi connectivity index (χ4n) is 9.05. The molecule has 4 heteroatoms. The zero-order chi connectivity index (χ0) is 35.3. The van der Waals surface area contributed by atoms with Gasteiger partial charge in [-0.25, -0.2) is 0 Å². The number of fused-ring (bicyclic) bond motifs is 8. The van der Waals surface area contributed by atoms with Crippen molar-refractivity contribution in [1.82, 2.24) is 0 Å². The van der Waals surface area contributed by atoms with Crippen LogP contribution in [0.5, 0.6) is 23.0 Å². The van der Waals surface area contributed by atoms with Crippen LogP contribution in [0.25, 0.3) is 51.3 Å². The van der Waals surface area contributed by atoms with Gasteiger partial charge in [-0.2, -0.15) is 0 Å². The summed E-state index contributed by atoms with van der Waals surface area (Å²) in [6, 6.07) is 47.9. The van der Waals surface area contributed by atoms with E-state index in [1.807, 2.05) is 0 Å². The Balaban J connectivity index is 0.962. The number of hydrogen-bond acceptors (Lipinski definition) is 4. The van der Waals surface area contributed by atoms with Crippen molar-refractivity contribution in [3.05, 3.63) is 181 Å². The van der Waals surface area contributed by atoms with Gasteiger partial charge in [0.25, 0.3) is 0 Å². The van der Waals surface area contributed by atoms with Crippen LogP contribution in [0.4, 0.5) is 28.4 Å². The van der Waals surface area contributed by atoms with Gasteiger partial charge in [-0.05, 0) is 82.4 Å². The molecule has 54 heavy (non-hydrogen) atoms. The minimum absolute atomic E-state index is 0.161. The monoisotopic (exact) mass is 692 g/mol. The third-order valence-electron chi connectivity index (χ3n) is 11.5. The number of nitrogens with zero attached hydrogens (tertiary/aromatic N) is 2. The fourth-order valence-corrected chi connectivity index (χ4v) is 9.05. The molecule has 4 heterocycles. The van der Waals surface area contributed by atoms with E-state index < -0.39 is 0 Å². The van der Waals surface area contributed by atoms with Gasteiger partial charge in [-0.15, -0.1) is 0 Å². The number of anilines is 5. The molecule has 0 saturated carbocycles. The zero-order valence-electron chi connectivity index (χ0n) is 29.2. The molecule has 0 radical (unpaired) electrons. The van der Waals surface area contributed by atoms with E-state index in [-0.39, 0.29) is 12.0 Å². The van der Waals surface area contributed by atoms with Crippen LogP contribution in [-0.4, -0.2) is 6.04 Å². The third-order valence-corrected chi connectivity index (χ3v) is 11.5. The second kappa shape index (κ2) is 11.2. The summed E-state index contributed by atoms with van der Waals surface area (Å²) in [4.78, 5) is 4.79. The van der Waals surface area contributed by atoms with E-state index in [2.05, 4.69) is 192 Å². The van der Waals surface area contributed by atoms with Crippen LogP contribution in [0.1, 0.15) is 16.7 Å². The number of hydrogen-bond donors (Lipinski definition) is 0. The largest absolute Gasteiger partial charge is 0.456 e. The molecular formula is C50H32N2O2. The molecule has 4 nitrogen and oxygen atoms in total. The minimum atomic E-state index is 0.161. The number of allylic oxidation sites excluding steroid dienone is 2. The van der Waals surface area contributed by atoms with E-state index in [1.54, 1.807) is 0 Å². The van der Waals surface area contributed by atoms with Gasteiger partial charge in [0.15, 0.2) is 0 Å². The predicted molar refractivity (Wildman–Crippen MR) is 222 cm³/mol. The van der Waals surface area contributed by atoms with Crippen LogP contribution < -0.4 is 19.3 Å². The van der Waals surface area contributed by atoms with Gasteiger partial charge in [0.05, 0.1) is 17.4 Å². The second-order valence-corrected chi connectivity index (χ2v) is 14.4. The van der Waals surface area contributed by atoms with Gasteiger partial charge < -0.3 is 19.3 Å². The van der Waals surface area contributed by atoms with Crippen molar-refractivity contribution in [3.8, 4) is 45.3 Å². The van der Waals surface area contributed by atoms with Gasteiger partial charge in [-0.1, -0.05) is 115 Å². The average molecular weight is 693 g/mol. The molecule has 7 aromatic carbocycles. The maximum Gasteiger partial charge on any atom is 0.137 e. The molecule has 2 unspecified atom stereocenters. The molecule has 0 spiro atoms. The van der Waals surface area contributed by atoms with Gasteiger partial charge in [0, 0.05) is 57.0 Å². The maximum absolute atomic E-state index is 6.84. The molecule has 12 rings (SSSR count). The Kier molecular flexibility index (Phi) is 6.14. The summed E-state index contributed by atoms with van der Waals surface area (Å²) in [6.45, 7) is 0. The normalized spacial score (nSPS) is 17.6. The number of ether oxygens (including phenoxy) is 2. The Morgan fingerprint density at radius 2 is 0.926 bits per heavy atom. The first-order valence-electron chi connectivity index (χ1n) is 18.6. The summed E-state index contributed by atoms with van der Waals surface area (Å²) < 4.78 is 13.7. The Hall–Kier alpha value is -7.04. The summed E-state index contributed by atoms with van der Waals surface area (Å²) in [6.07, 6.45) is 17.9. The fraction of sp³-hybridized carbons (Fsp3) is 0.0400. The Morgan fingerprint density at radius 1 is 0.407 bits per heavy atom. The highest BCUT2D eigenvalue weighted by atomic mass is 16.5. The third kappa shape index (κ3) is 4.25. The Bertz CT molecular complexity index is 2830. The highest BCUT2D eigenvalue weighted by Gasteiger charge is 2.32. The van der Waals surface area contributed by atoms with Crippen molar-refractivity contribution < 1.29 is 9.47 Å². The van der Waals surface area contributed by atoms with E-state index in [1.165, 1.54) is 22.4 Å². The van der Waals surface area contributed by atoms with E-state index in [0.29, 0.717) is 0 Å². The molecule has 0 aromatic heterocycles. The van der Waals surface area contributed by atoms with Crippen molar-refractivity contribution in [2.24, 2.45) is 5.92 Å². The van der Waals surface area contributed by atoms with Crippen LogP contribution in [0.3, 0.4) is 0 Å². The van der Waals surface area contributed by atoms with Crippen LogP contribution in [0.15, 0.2) is 164 Å². The molecule has 5 aliphatic rings. The summed E-state index contributed by atoms with van der Waals surface area (Å²) in [5, 5.41) is 2.18. The molecule has 254 valence electrons. The minimum Gasteiger partial charge on any atom is -0.456 e. The van der Waals surface area contributed by atoms with Crippen molar-refractivity contribution in [3.63, 3.8) is 0 Å². The van der Waals surface area contributed by atoms with E-state index in [0.717, 1.165) is 78.8 Å². The molecule has 0 bridgehead atoms. The van der Waals surface area contributed by atoms with Crippen molar-refractivity contribution in [1.29, 1.82) is 0 Å². The molecule has 7 aromatic rings. The summed E-state index contributed by atoms with van der Waals surface area (Å²) in [7, 11) is 0. The molecule has 0 N–H and O–H groups in total. The Labute approximate surface area is 313 Å². The Morgan fingerprint density at radius 3 is 1.57 bits per heavy atom. The van der Waals surface area contributed by atoms with Crippen molar-refractivity contribution in [2.45, 2.75) is 6.04 Å². The lowest BCUT2D eigenvalue weighted by atomic mass is 9.87. The van der Waals surface area contributed by atoms with E-state index in [9.17, 15) is 0 Å². The first kappa shape index (κ1) is 29.5. The molecule has 0 saturated heterocycles. The molecular weight excluding hydrogens is 661 g/mol. The lowest BCUT2D eigenvalue weighted by molar-refractivity contribution is 0.475. The summed E-state index contributed by atoms with van der Waals surface area (Å²) in [5.41, 5.74) is 13.6. The number of para-hydroxylation sites is 3. The smallest absolute Gasteiger partial charge is 0.137 e. The lowest BCUT2D eigenvalue weighted by Crippen LogP contribution is -2.35. The lowest BCUT2D eigenvalue weighted by Gasteiger charge is -2.36. The SMILES string of the molecule is C1=CC2C=Cc3ccccc3N(c3ccc4c(c3)Oc3ccc5c6c(ccc-4c36)-c3ccc(N4c6ccccc6C=Cc6ccccc64)cc3O5)C2C=C1. The first-order chi connectivity index (χ1) is 26.8.